The van der Waals surface area contributed by atoms with Gasteiger partial charge in [-0.15, -0.1) is 0 Å². The van der Waals surface area contributed by atoms with Crippen LogP contribution >= 0.6 is 0 Å². The molecule has 0 fully saturated rings. The minimum absolute atomic E-state index is 0.172. The van der Waals surface area contributed by atoms with Crippen molar-refractivity contribution in [3.8, 4) is 0 Å². The van der Waals surface area contributed by atoms with Crippen LogP contribution in [0, 0.1) is 0 Å². The molecule has 1 N–H and O–H groups in total. The fraction of sp³-hybridized carbons (Fsp3) is 0.176. The molecule has 5 nitrogen and oxygen atoms in total. The topological polar surface area (TPSA) is 51.3 Å². The fourth-order valence-corrected chi connectivity index (χ4v) is 3.04. The Morgan fingerprint density at radius 1 is 1.23 bits per heavy atom. The summed E-state index contributed by atoms with van der Waals surface area (Å²) in [6.07, 6.45) is 4.73. The number of nitrogens with one attached hydrogen (secondary N) is 1. The Labute approximate surface area is 127 Å². The zero-order valence-corrected chi connectivity index (χ0v) is 12.3. The van der Waals surface area contributed by atoms with E-state index in [1.54, 1.807) is 0 Å². The van der Waals surface area contributed by atoms with Crippen molar-refractivity contribution in [3.63, 3.8) is 0 Å². The van der Waals surface area contributed by atoms with Gasteiger partial charge < -0.3 is 9.13 Å². The number of hydrogen-bond acceptors (Lipinski definition) is 2. The number of carbonyl (C=O) groups excluding carboxylic acids is 1. The molecule has 22 heavy (non-hydrogen) atoms. The van der Waals surface area contributed by atoms with Gasteiger partial charge in [-0.2, -0.15) is 5.10 Å². The van der Waals surface area contributed by atoms with Crippen LogP contribution in [0.2, 0.25) is 0 Å². The van der Waals surface area contributed by atoms with Gasteiger partial charge in [-0.05, 0) is 18.2 Å². The molecule has 0 bridgehead atoms. The lowest BCUT2D eigenvalue weighted by atomic mass is 10.2. The molecule has 1 aliphatic rings. The molecule has 0 saturated carbocycles. The van der Waals surface area contributed by atoms with Gasteiger partial charge in [-0.25, -0.2) is 5.43 Å². The van der Waals surface area contributed by atoms with E-state index in [2.05, 4.69) is 15.1 Å². The number of aromatic nitrogens is 2. The van der Waals surface area contributed by atoms with Crippen LogP contribution in [0.25, 0.3) is 10.9 Å². The van der Waals surface area contributed by atoms with Gasteiger partial charge in [0.2, 0.25) is 0 Å². The molecule has 0 radical (unpaired) electrons. The number of amides is 1. The monoisotopic (exact) mass is 292 g/mol. The van der Waals surface area contributed by atoms with Crippen LogP contribution < -0.4 is 5.43 Å². The molecule has 1 aliphatic heterocycles. The number of hydrazone groups is 1. The zero-order valence-electron chi connectivity index (χ0n) is 12.3. The summed E-state index contributed by atoms with van der Waals surface area (Å²) in [5.74, 6) is -0.172. The summed E-state index contributed by atoms with van der Waals surface area (Å²) >= 11 is 0. The maximum absolute atomic E-state index is 12.4. The predicted octanol–water partition coefficient (Wildman–Crippen LogP) is 2.52. The second kappa shape index (κ2) is 4.87. The molecule has 2 aromatic heterocycles. The van der Waals surface area contributed by atoms with Crippen LogP contribution in [0.1, 0.15) is 22.5 Å². The summed E-state index contributed by atoms with van der Waals surface area (Å²) in [7, 11) is 1.94. The quantitative estimate of drug-likeness (QED) is 0.725. The van der Waals surface area contributed by atoms with E-state index in [1.165, 1.54) is 0 Å². The van der Waals surface area contributed by atoms with Gasteiger partial charge in [0.1, 0.15) is 0 Å². The Hall–Kier alpha value is -2.82. The molecule has 0 saturated heterocycles. The van der Waals surface area contributed by atoms with Crippen LogP contribution in [-0.4, -0.2) is 20.8 Å². The van der Waals surface area contributed by atoms with Gasteiger partial charge in [0.25, 0.3) is 5.91 Å². The van der Waals surface area contributed by atoms with Gasteiger partial charge in [-0.3, -0.25) is 4.79 Å². The Kier molecular flexibility index (Phi) is 2.85. The van der Waals surface area contributed by atoms with Crippen molar-refractivity contribution in [2.75, 3.05) is 0 Å². The zero-order chi connectivity index (χ0) is 15.1. The minimum Gasteiger partial charge on any atom is -0.350 e. The summed E-state index contributed by atoms with van der Waals surface area (Å²) in [6, 6.07) is 11.9. The Bertz CT molecular complexity index is 900. The maximum atomic E-state index is 12.4. The molecule has 5 heteroatoms. The standard InChI is InChI=1S/C17H16N4O/c1-20-11-13(12-5-2-3-6-15(12)20)17(22)19-18-14-8-10-21-9-4-7-16(14)21/h2-7,9,11H,8,10H2,1H3,(H,19,22). The average Bonchev–Trinajstić information content (AvgIpc) is 3.21. The largest absolute Gasteiger partial charge is 0.350 e. The van der Waals surface area contributed by atoms with E-state index in [0.29, 0.717) is 5.56 Å². The van der Waals surface area contributed by atoms with Gasteiger partial charge in [-0.1, -0.05) is 18.2 Å². The molecular formula is C17H16N4O. The average molecular weight is 292 g/mol. The number of fused-ring (bicyclic) bond motifs is 2. The molecule has 0 spiro atoms. The highest BCUT2D eigenvalue weighted by Crippen LogP contribution is 2.20. The van der Waals surface area contributed by atoms with E-state index in [1.807, 2.05) is 60.4 Å². The number of benzene rings is 1. The molecule has 0 aliphatic carbocycles. The van der Waals surface area contributed by atoms with Crippen LogP contribution in [0.15, 0.2) is 53.9 Å². The second-order valence-electron chi connectivity index (χ2n) is 5.51. The van der Waals surface area contributed by atoms with E-state index >= 15 is 0 Å². The number of para-hydroxylation sites is 1. The number of nitrogens with zero attached hydrogens (tertiary/aromatic N) is 3. The lowest BCUT2D eigenvalue weighted by molar-refractivity contribution is 0.0956. The summed E-state index contributed by atoms with van der Waals surface area (Å²) in [5.41, 5.74) is 6.40. The number of hydrogen-bond donors (Lipinski definition) is 1. The molecule has 3 heterocycles. The first-order valence-corrected chi connectivity index (χ1v) is 7.30. The van der Waals surface area contributed by atoms with Crippen LogP contribution in [0.3, 0.4) is 0 Å². The first-order chi connectivity index (χ1) is 10.7. The predicted molar refractivity (Wildman–Crippen MR) is 86.0 cm³/mol. The maximum Gasteiger partial charge on any atom is 0.273 e. The molecular weight excluding hydrogens is 276 g/mol. The van der Waals surface area contributed by atoms with E-state index in [4.69, 9.17) is 0 Å². The van der Waals surface area contributed by atoms with Gasteiger partial charge >= 0.3 is 0 Å². The summed E-state index contributed by atoms with van der Waals surface area (Å²) in [5, 5.41) is 5.26. The molecule has 4 rings (SSSR count). The highest BCUT2D eigenvalue weighted by molar-refractivity contribution is 6.08. The first kappa shape index (κ1) is 12.9. The number of rotatable bonds is 2. The second-order valence-corrected chi connectivity index (χ2v) is 5.51. The number of carbonyl (C=O) groups is 1. The molecule has 1 amide bonds. The third kappa shape index (κ3) is 1.94. The fourth-order valence-electron chi connectivity index (χ4n) is 3.04. The van der Waals surface area contributed by atoms with E-state index in [-0.39, 0.29) is 5.91 Å². The first-order valence-electron chi connectivity index (χ1n) is 7.30. The highest BCUT2D eigenvalue weighted by atomic mass is 16.2. The van der Waals surface area contributed by atoms with Crippen molar-refractivity contribution < 1.29 is 4.79 Å². The van der Waals surface area contributed by atoms with Gasteiger partial charge in [0.05, 0.1) is 17.0 Å². The normalized spacial score (nSPS) is 15.4. The van der Waals surface area contributed by atoms with E-state index in [9.17, 15) is 4.79 Å². The van der Waals surface area contributed by atoms with E-state index < -0.39 is 0 Å². The lowest BCUT2D eigenvalue weighted by Crippen LogP contribution is -2.19. The van der Waals surface area contributed by atoms with Crippen molar-refractivity contribution in [1.82, 2.24) is 14.6 Å². The van der Waals surface area contributed by atoms with Crippen LogP contribution in [0.5, 0.6) is 0 Å². The highest BCUT2D eigenvalue weighted by Gasteiger charge is 2.18. The van der Waals surface area contributed by atoms with Crippen molar-refractivity contribution >= 4 is 22.5 Å². The Morgan fingerprint density at radius 3 is 3.00 bits per heavy atom. The Morgan fingerprint density at radius 2 is 2.09 bits per heavy atom. The van der Waals surface area contributed by atoms with Crippen molar-refractivity contribution in [2.24, 2.45) is 12.1 Å². The Balaban J connectivity index is 1.63. The smallest absolute Gasteiger partial charge is 0.273 e. The molecule has 1 aromatic carbocycles. The third-order valence-corrected chi connectivity index (χ3v) is 4.15. The summed E-state index contributed by atoms with van der Waals surface area (Å²) in [4.78, 5) is 12.4. The SMILES string of the molecule is Cn1cc(C(=O)NN=C2CCn3cccc32)c2ccccc21. The summed E-state index contributed by atoms with van der Waals surface area (Å²) < 4.78 is 4.10. The molecule has 0 unspecified atom stereocenters. The van der Waals surface area contributed by atoms with Crippen molar-refractivity contribution in [3.05, 3.63) is 60.0 Å². The van der Waals surface area contributed by atoms with Crippen molar-refractivity contribution in [2.45, 2.75) is 13.0 Å². The van der Waals surface area contributed by atoms with Crippen LogP contribution in [-0.2, 0) is 13.6 Å². The van der Waals surface area contributed by atoms with Crippen LogP contribution in [0.4, 0.5) is 0 Å². The number of aryl methyl sites for hydroxylation is 2. The van der Waals surface area contributed by atoms with Crippen molar-refractivity contribution in [1.29, 1.82) is 0 Å². The summed E-state index contributed by atoms with van der Waals surface area (Å²) in [6.45, 7) is 0.922. The molecule has 3 aromatic rings. The van der Waals surface area contributed by atoms with Gasteiger partial charge in [0, 0.05) is 43.3 Å². The van der Waals surface area contributed by atoms with E-state index in [0.717, 1.165) is 35.3 Å². The molecule has 110 valence electrons. The van der Waals surface area contributed by atoms with Gasteiger partial charge in [0.15, 0.2) is 0 Å². The third-order valence-electron chi connectivity index (χ3n) is 4.15. The minimum atomic E-state index is -0.172. The molecule has 0 atom stereocenters. The lowest BCUT2D eigenvalue weighted by Gasteiger charge is -2.00.